The predicted molar refractivity (Wildman–Crippen MR) is 136 cm³/mol. The number of amides is 1. The van der Waals surface area contributed by atoms with E-state index in [2.05, 4.69) is 30.6 Å². The molecule has 0 aliphatic carbocycles. The maximum absolute atomic E-state index is 13.0. The fourth-order valence-electron chi connectivity index (χ4n) is 3.79. The zero-order valence-electron chi connectivity index (χ0n) is 20.2. The maximum Gasteiger partial charge on any atom is 0.261 e. The lowest BCUT2D eigenvalue weighted by molar-refractivity contribution is 0.0974. The topological polar surface area (TPSA) is 114 Å². The maximum atomic E-state index is 13.0. The summed E-state index contributed by atoms with van der Waals surface area (Å²) < 4.78 is 10.6. The highest BCUT2D eigenvalue weighted by atomic mass is 16.5. The van der Waals surface area contributed by atoms with Crippen LogP contribution in [0.15, 0.2) is 59.7 Å². The van der Waals surface area contributed by atoms with Crippen molar-refractivity contribution in [3.05, 3.63) is 77.2 Å². The molecule has 180 valence electrons. The summed E-state index contributed by atoms with van der Waals surface area (Å²) in [5.74, 6) is 1.54. The van der Waals surface area contributed by atoms with Gasteiger partial charge in [-0.15, -0.1) is 0 Å². The number of H-pyrrole nitrogens is 1. The van der Waals surface area contributed by atoms with Crippen LogP contribution in [0, 0.1) is 13.8 Å². The van der Waals surface area contributed by atoms with Gasteiger partial charge in [-0.1, -0.05) is 12.1 Å². The lowest BCUT2D eigenvalue weighted by atomic mass is 10.1. The lowest BCUT2D eigenvalue weighted by Crippen LogP contribution is -2.37. The molecule has 0 saturated carbocycles. The van der Waals surface area contributed by atoms with E-state index in [9.17, 15) is 4.79 Å². The number of carbonyl (C=O) groups excluding carboxylic acids is 1. The molecule has 2 heterocycles. The Labute approximate surface area is 203 Å². The number of hydrogen-bond acceptors (Lipinski definition) is 6. The van der Waals surface area contributed by atoms with Crippen molar-refractivity contribution in [3.63, 3.8) is 0 Å². The number of ether oxygens (including phenoxy) is 2. The molecule has 1 amide bonds. The van der Waals surface area contributed by atoms with E-state index in [1.165, 1.54) is 7.11 Å². The highest BCUT2D eigenvalue weighted by molar-refractivity contribution is 6.10. The van der Waals surface area contributed by atoms with Crippen molar-refractivity contribution in [3.8, 4) is 11.5 Å². The van der Waals surface area contributed by atoms with Crippen LogP contribution in [0.4, 0.5) is 5.95 Å². The monoisotopic (exact) mass is 472 g/mol. The number of anilines is 1. The summed E-state index contributed by atoms with van der Waals surface area (Å²) in [7, 11) is 3.17. The van der Waals surface area contributed by atoms with Crippen LogP contribution >= 0.6 is 0 Å². The van der Waals surface area contributed by atoms with E-state index in [0.717, 1.165) is 33.6 Å². The number of aromatic nitrogens is 3. The quantitative estimate of drug-likeness (QED) is 0.276. The van der Waals surface area contributed by atoms with Crippen LogP contribution in [0.1, 0.15) is 27.3 Å². The van der Waals surface area contributed by atoms with Gasteiger partial charge in [-0.25, -0.2) is 9.97 Å². The van der Waals surface area contributed by atoms with Gasteiger partial charge < -0.3 is 14.5 Å². The molecule has 0 aliphatic heterocycles. The molecule has 9 nitrogen and oxygen atoms in total. The Morgan fingerprint density at radius 1 is 1.03 bits per heavy atom. The van der Waals surface area contributed by atoms with Crippen molar-refractivity contribution >= 4 is 28.7 Å². The Morgan fingerprint density at radius 3 is 2.54 bits per heavy atom. The zero-order chi connectivity index (χ0) is 24.8. The summed E-state index contributed by atoms with van der Waals surface area (Å²) in [5, 5.41) is 7.01. The minimum atomic E-state index is -0.350. The molecule has 2 aromatic carbocycles. The Morgan fingerprint density at radius 2 is 1.80 bits per heavy atom. The summed E-state index contributed by atoms with van der Waals surface area (Å²) in [6, 6.07) is 14.8. The first kappa shape index (κ1) is 23.7. The fourth-order valence-corrected chi connectivity index (χ4v) is 3.79. The van der Waals surface area contributed by atoms with Gasteiger partial charge >= 0.3 is 0 Å². The number of fused-ring (bicyclic) bond motifs is 1. The molecule has 4 aromatic rings. The molecule has 0 atom stereocenters. The van der Waals surface area contributed by atoms with E-state index in [0.29, 0.717) is 30.2 Å². The Balaban J connectivity index is 1.56. The second kappa shape index (κ2) is 10.7. The van der Waals surface area contributed by atoms with Gasteiger partial charge in [-0.05, 0) is 56.2 Å². The molecular formula is C26H28N6O3. The SMILES string of the molecule is COc1ccc2c(CCN=C(NC(=O)c3ccccc3OC)Nc3nc(C)cc(C)n3)c[nH]c2c1. The lowest BCUT2D eigenvalue weighted by Gasteiger charge is -2.13. The molecule has 0 radical (unpaired) electrons. The third kappa shape index (κ3) is 5.75. The van der Waals surface area contributed by atoms with Crippen molar-refractivity contribution in [2.24, 2.45) is 4.99 Å². The van der Waals surface area contributed by atoms with Gasteiger partial charge in [-0.3, -0.25) is 20.4 Å². The average Bonchev–Trinajstić information content (AvgIpc) is 3.25. The number of hydrogen-bond donors (Lipinski definition) is 3. The summed E-state index contributed by atoms with van der Waals surface area (Å²) >= 11 is 0. The number of carbonyl (C=O) groups is 1. The molecule has 0 saturated heterocycles. The minimum absolute atomic E-state index is 0.257. The number of rotatable bonds is 7. The van der Waals surface area contributed by atoms with Gasteiger partial charge in [0, 0.05) is 41.1 Å². The van der Waals surface area contributed by atoms with Gasteiger partial charge in [-0.2, -0.15) is 0 Å². The van der Waals surface area contributed by atoms with E-state index in [1.54, 1.807) is 25.3 Å². The molecule has 35 heavy (non-hydrogen) atoms. The van der Waals surface area contributed by atoms with Crippen molar-refractivity contribution in [1.82, 2.24) is 20.3 Å². The van der Waals surface area contributed by atoms with E-state index in [-0.39, 0.29) is 11.9 Å². The largest absolute Gasteiger partial charge is 0.497 e. The van der Waals surface area contributed by atoms with Gasteiger partial charge in [0.1, 0.15) is 11.5 Å². The second-order valence-corrected chi connectivity index (χ2v) is 7.96. The number of nitrogens with one attached hydrogen (secondary N) is 3. The molecule has 0 fully saturated rings. The molecule has 9 heteroatoms. The molecule has 3 N–H and O–H groups in total. The van der Waals surface area contributed by atoms with Crippen LogP contribution in [0.25, 0.3) is 10.9 Å². The number of aryl methyl sites for hydroxylation is 2. The zero-order valence-corrected chi connectivity index (χ0v) is 20.2. The number of para-hydroxylation sites is 1. The van der Waals surface area contributed by atoms with Crippen LogP contribution in [-0.4, -0.2) is 47.6 Å². The number of benzene rings is 2. The summed E-state index contributed by atoms with van der Waals surface area (Å²) in [5.41, 5.74) is 4.13. The predicted octanol–water partition coefficient (Wildman–Crippen LogP) is 4.03. The standard InChI is InChI=1S/C26H28N6O3/c1-16-13-17(2)30-26(29-16)32-25(31-24(33)21-7-5-6-8-23(21)35-4)27-12-11-18-15-28-22-14-19(34-3)9-10-20(18)22/h5-10,13-15,28H,11-12H2,1-4H3,(H2,27,29,30,31,32,33). The molecule has 0 aliphatic rings. The fraction of sp³-hybridized carbons (Fsp3) is 0.231. The molecule has 0 bridgehead atoms. The summed E-state index contributed by atoms with van der Waals surface area (Å²) in [4.78, 5) is 29.7. The normalized spacial score (nSPS) is 11.4. The Kier molecular flexibility index (Phi) is 7.25. The first-order valence-electron chi connectivity index (χ1n) is 11.2. The molecule has 0 spiro atoms. The van der Waals surface area contributed by atoms with Gasteiger partial charge in [0.25, 0.3) is 5.91 Å². The number of aliphatic imine (C=N–C) groups is 1. The first-order valence-corrected chi connectivity index (χ1v) is 11.2. The second-order valence-electron chi connectivity index (χ2n) is 7.96. The van der Waals surface area contributed by atoms with Crippen molar-refractivity contribution in [2.75, 3.05) is 26.1 Å². The van der Waals surface area contributed by atoms with E-state index >= 15 is 0 Å². The summed E-state index contributed by atoms with van der Waals surface area (Å²) in [6.07, 6.45) is 2.63. The van der Waals surface area contributed by atoms with Crippen LogP contribution in [0.2, 0.25) is 0 Å². The van der Waals surface area contributed by atoms with Crippen LogP contribution in [0.3, 0.4) is 0 Å². The van der Waals surface area contributed by atoms with Crippen molar-refractivity contribution in [2.45, 2.75) is 20.3 Å². The Hall–Kier alpha value is -4.40. The van der Waals surface area contributed by atoms with E-state index in [4.69, 9.17) is 9.47 Å². The number of methoxy groups -OCH3 is 2. The van der Waals surface area contributed by atoms with E-state index < -0.39 is 0 Å². The highest BCUT2D eigenvalue weighted by Gasteiger charge is 2.15. The van der Waals surface area contributed by atoms with Crippen LogP contribution in [-0.2, 0) is 6.42 Å². The Bertz CT molecular complexity index is 1360. The van der Waals surface area contributed by atoms with E-state index in [1.807, 2.05) is 50.4 Å². The van der Waals surface area contributed by atoms with Gasteiger partial charge in [0.15, 0.2) is 0 Å². The molecule has 4 rings (SSSR count). The summed E-state index contributed by atoms with van der Waals surface area (Å²) in [6.45, 7) is 4.20. The number of guanidine groups is 1. The van der Waals surface area contributed by atoms with Crippen LogP contribution in [0.5, 0.6) is 11.5 Å². The van der Waals surface area contributed by atoms with Gasteiger partial charge in [0.05, 0.1) is 19.8 Å². The first-order chi connectivity index (χ1) is 17.0. The van der Waals surface area contributed by atoms with Crippen molar-refractivity contribution < 1.29 is 14.3 Å². The third-order valence-corrected chi connectivity index (χ3v) is 5.42. The number of nitrogens with zero attached hydrogens (tertiary/aromatic N) is 3. The molecule has 0 unspecified atom stereocenters. The van der Waals surface area contributed by atoms with Gasteiger partial charge in [0.2, 0.25) is 11.9 Å². The molecule has 2 aromatic heterocycles. The van der Waals surface area contributed by atoms with Crippen LogP contribution < -0.4 is 20.1 Å². The molecular weight excluding hydrogens is 444 g/mol. The highest BCUT2D eigenvalue weighted by Crippen LogP contribution is 2.23. The minimum Gasteiger partial charge on any atom is -0.497 e. The smallest absolute Gasteiger partial charge is 0.261 e. The third-order valence-electron chi connectivity index (χ3n) is 5.42. The van der Waals surface area contributed by atoms with Crippen molar-refractivity contribution in [1.29, 1.82) is 0 Å². The number of aromatic amines is 1. The average molecular weight is 473 g/mol.